The van der Waals surface area contributed by atoms with Crippen molar-refractivity contribution < 1.29 is 13.2 Å². The van der Waals surface area contributed by atoms with E-state index in [0.29, 0.717) is 11.3 Å². The Hall–Kier alpha value is -1.77. The Kier molecular flexibility index (Phi) is 3.38. The molecule has 0 saturated heterocycles. The van der Waals surface area contributed by atoms with Crippen molar-refractivity contribution in [2.75, 3.05) is 18.5 Å². The number of rotatable bonds is 2. The summed E-state index contributed by atoms with van der Waals surface area (Å²) >= 11 is 0. The minimum absolute atomic E-state index is 0.147. The van der Waals surface area contributed by atoms with Gasteiger partial charge in [-0.15, -0.1) is 0 Å². The van der Waals surface area contributed by atoms with Gasteiger partial charge in [-0.05, 0) is 19.1 Å². The summed E-state index contributed by atoms with van der Waals surface area (Å²) in [6, 6.07) is 4.73. The van der Waals surface area contributed by atoms with Crippen molar-refractivity contribution in [1.29, 1.82) is 5.26 Å². The normalized spacial score (nSPS) is 11.0. The standard InChI is InChI=1S/C10H10F3N3/c1-7-3-8(5-14)4-9(15-7)16(2)6-10(11,12)13/h3-4H,6H2,1-2H3. The molecule has 0 aliphatic rings. The van der Waals surface area contributed by atoms with Crippen molar-refractivity contribution in [2.45, 2.75) is 13.1 Å². The van der Waals surface area contributed by atoms with Crippen molar-refractivity contribution >= 4 is 5.82 Å². The van der Waals surface area contributed by atoms with Gasteiger partial charge in [-0.25, -0.2) is 4.98 Å². The highest BCUT2D eigenvalue weighted by Crippen LogP contribution is 2.20. The number of alkyl halides is 3. The van der Waals surface area contributed by atoms with E-state index >= 15 is 0 Å². The Balaban J connectivity index is 2.96. The van der Waals surface area contributed by atoms with Crippen molar-refractivity contribution in [1.82, 2.24) is 4.98 Å². The predicted octanol–water partition coefficient (Wildman–Crippen LogP) is 2.26. The quantitative estimate of drug-likeness (QED) is 0.780. The molecule has 16 heavy (non-hydrogen) atoms. The van der Waals surface area contributed by atoms with Crippen LogP contribution in [0.4, 0.5) is 19.0 Å². The third-order valence-corrected chi connectivity index (χ3v) is 1.88. The van der Waals surface area contributed by atoms with E-state index in [1.807, 2.05) is 6.07 Å². The monoisotopic (exact) mass is 229 g/mol. The van der Waals surface area contributed by atoms with Gasteiger partial charge in [0.05, 0.1) is 11.6 Å². The summed E-state index contributed by atoms with van der Waals surface area (Å²) in [7, 11) is 1.29. The van der Waals surface area contributed by atoms with Gasteiger partial charge in [0.25, 0.3) is 0 Å². The van der Waals surface area contributed by atoms with Crippen LogP contribution in [0.3, 0.4) is 0 Å². The van der Waals surface area contributed by atoms with E-state index in [1.54, 1.807) is 6.92 Å². The van der Waals surface area contributed by atoms with Gasteiger partial charge in [0.2, 0.25) is 0 Å². The van der Waals surface area contributed by atoms with Crippen molar-refractivity contribution in [3.8, 4) is 6.07 Å². The van der Waals surface area contributed by atoms with Gasteiger partial charge in [0, 0.05) is 12.7 Å². The van der Waals surface area contributed by atoms with E-state index in [4.69, 9.17) is 5.26 Å². The average Bonchev–Trinajstić information content (AvgIpc) is 2.14. The molecule has 0 spiro atoms. The third-order valence-electron chi connectivity index (χ3n) is 1.88. The zero-order chi connectivity index (χ0) is 12.3. The number of nitrogens with zero attached hydrogens (tertiary/aromatic N) is 3. The molecule has 1 rings (SSSR count). The van der Waals surface area contributed by atoms with Crippen LogP contribution in [-0.2, 0) is 0 Å². The van der Waals surface area contributed by atoms with Gasteiger partial charge in [-0.1, -0.05) is 0 Å². The van der Waals surface area contributed by atoms with Gasteiger partial charge >= 0.3 is 6.18 Å². The number of pyridine rings is 1. The largest absolute Gasteiger partial charge is 0.405 e. The minimum Gasteiger partial charge on any atom is -0.351 e. The van der Waals surface area contributed by atoms with Crippen molar-refractivity contribution in [3.63, 3.8) is 0 Å². The lowest BCUT2D eigenvalue weighted by Crippen LogP contribution is -2.31. The van der Waals surface area contributed by atoms with Crippen LogP contribution in [0.25, 0.3) is 0 Å². The molecule has 3 nitrogen and oxygen atoms in total. The molecule has 0 radical (unpaired) electrons. The molecule has 86 valence electrons. The number of hydrogen-bond acceptors (Lipinski definition) is 3. The van der Waals surface area contributed by atoms with Crippen LogP contribution >= 0.6 is 0 Å². The van der Waals surface area contributed by atoms with Crippen LogP contribution in [0.2, 0.25) is 0 Å². The van der Waals surface area contributed by atoms with Crippen LogP contribution in [-0.4, -0.2) is 24.8 Å². The molecule has 0 aliphatic carbocycles. The number of hydrogen-bond donors (Lipinski definition) is 0. The Bertz CT molecular complexity index is 420. The summed E-state index contributed by atoms with van der Waals surface area (Å²) in [5.41, 5.74) is 0.819. The molecule has 0 bridgehead atoms. The Labute approximate surface area is 91.1 Å². The van der Waals surface area contributed by atoms with Gasteiger partial charge < -0.3 is 4.90 Å². The summed E-state index contributed by atoms with van der Waals surface area (Å²) < 4.78 is 36.4. The smallest absolute Gasteiger partial charge is 0.351 e. The van der Waals surface area contributed by atoms with Gasteiger partial charge in [0.15, 0.2) is 0 Å². The van der Waals surface area contributed by atoms with E-state index < -0.39 is 12.7 Å². The predicted molar refractivity (Wildman–Crippen MR) is 53.0 cm³/mol. The highest BCUT2D eigenvalue weighted by atomic mass is 19.4. The zero-order valence-electron chi connectivity index (χ0n) is 8.84. The van der Waals surface area contributed by atoms with Gasteiger partial charge in [0.1, 0.15) is 12.4 Å². The Morgan fingerprint density at radius 3 is 2.56 bits per heavy atom. The Morgan fingerprint density at radius 2 is 2.06 bits per heavy atom. The van der Waals surface area contributed by atoms with Crippen LogP contribution in [0.5, 0.6) is 0 Å². The third kappa shape index (κ3) is 3.42. The zero-order valence-corrected chi connectivity index (χ0v) is 8.84. The molecule has 0 N–H and O–H groups in total. The second-order valence-corrected chi connectivity index (χ2v) is 3.44. The van der Waals surface area contributed by atoms with Gasteiger partial charge in [-0.3, -0.25) is 0 Å². The number of aryl methyl sites for hydroxylation is 1. The number of anilines is 1. The lowest BCUT2D eigenvalue weighted by Gasteiger charge is -2.20. The molecule has 0 saturated carbocycles. The highest BCUT2D eigenvalue weighted by molar-refractivity contribution is 5.46. The topological polar surface area (TPSA) is 39.9 Å². The van der Waals surface area contributed by atoms with E-state index in [-0.39, 0.29) is 5.82 Å². The maximum absolute atomic E-state index is 12.1. The fourth-order valence-corrected chi connectivity index (χ4v) is 1.26. The van der Waals surface area contributed by atoms with Crippen LogP contribution in [0.1, 0.15) is 11.3 Å². The van der Waals surface area contributed by atoms with E-state index in [9.17, 15) is 13.2 Å². The molecule has 0 aliphatic heterocycles. The second kappa shape index (κ2) is 4.39. The van der Waals surface area contributed by atoms with Crippen LogP contribution in [0.15, 0.2) is 12.1 Å². The minimum atomic E-state index is -4.28. The second-order valence-electron chi connectivity index (χ2n) is 3.44. The van der Waals surface area contributed by atoms with Crippen molar-refractivity contribution in [3.05, 3.63) is 23.4 Å². The van der Waals surface area contributed by atoms with E-state index in [2.05, 4.69) is 4.98 Å². The van der Waals surface area contributed by atoms with Crippen LogP contribution in [0, 0.1) is 18.3 Å². The SMILES string of the molecule is Cc1cc(C#N)cc(N(C)CC(F)(F)F)n1. The fourth-order valence-electron chi connectivity index (χ4n) is 1.26. The Morgan fingerprint density at radius 1 is 1.44 bits per heavy atom. The first-order chi connectivity index (χ1) is 7.31. The summed E-state index contributed by atoms with van der Waals surface area (Å²) in [5, 5.41) is 8.68. The molecule has 0 unspecified atom stereocenters. The number of nitriles is 1. The molecule has 1 aromatic rings. The molecular weight excluding hydrogens is 219 g/mol. The summed E-state index contributed by atoms with van der Waals surface area (Å²) in [5.74, 6) is 0.147. The molecule has 0 amide bonds. The molecule has 1 aromatic heterocycles. The van der Waals surface area contributed by atoms with Crippen molar-refractivity contribution in [2.24, 2.45) is 0 Å². The van der Waals surface area contributed by atoms with Gasteiger partial charge in [-0.2, -0.15) is 18.4 Å². The maximum Gasteiger partial charge on any atom is 0.405 e. The molecular formula is C10H10F3N3. The number of halogens is 3. The maximum atomic E-state index is 12.1. The molecule has 0 aromatic carbocycles. The first kappa shape index (κ1) is 12.3. The summed E-state index contributed by atoms with van der Waals surface area (Å²) in [6.45, 7) is 0.542. The molecule has 0 atom stereocenters. The highest BCUT2D eigenvalue weighted by Gasteiger charge is 2.29. The molecule has 1 heterocycles. The number of aromatic nitrogens is 1. The lowest BCUT2D eigenvalue weighted by molar-refractivity contribution is -0.119. The first-order valence-electron chi connectivity index (χ1n) is 4.48. The fraction of sp³-hybridized carbons (Fsp3) is 0.400. The van der Waals surface area contributed by atoms with E-state index in [1.165, 1.54) is 19.2 Å². The average molecular weight is 229 g/mol. The lowest BCUT2D eigenvalue weighted by atomic mass is 10.2. The van der Waals surface area contributed by atoms with Crippen LogP contribution < -0.4 is 4.90 Å². The summed E-state index contributed by atoms with van der Waals surface area (Å²) in [6.07, 6.45) is -4.28. The first-order valence-corrected chi connectivity index (χ1v) is 4.48. The summed E-state index contributed by atoms with van der Waals surface area (Å²) in [4.78, 5) is 4.91. The van der Waals surface area contributed by atoms with E-state index in [0.717, 1.165) is 4.90 Å². The molecule has 0 fully saturated rings. The molecule has 6 heteroatoms.